The van der Waals surface area contributed by atoms with E-state index in [2.05, 4.69) is 72.4 Å². The van der Waals surface area contributed by atoms with Crippen LogP contribution in [0, 0.1) is 0 Å². The summed E-state index contributed by atoms with van der Waals surface area (Å²) < 4.78 is 2.98. The number of hydrogen-bond acceptors (Lipinski definition) is 3. The van der Waals surface area contributed by atoms with Gasteiger partial charge in [0, 0.05) is 40.7 Å². The molecule has 130 valence electrons. The SMILES string of the molecule is CN=C(NCCc1ccc(-n2cccn2)cc1)NCc1cc(Br)cs1. The summed E-state index contributed by atoms with van der Waals surface area (Å²) >= 11 is 5.20. The van der Waals surface area contributed by atoms with E-state index in [1.165, 1.54) is 10.4 Å². The summed E-state index contributed by atoms with van der Waals surface area (Å²) in [6, 6.07) is 12.5. The first-order valence-corrected chi connectivity index (χ1v) is 9.68. The normalized spacial score (nSPS) is 11.5. The molecular weight excluding hydrogens is 398 g/mol. The van der Waals surface area contributed by atoms with Crippen molar-refractivity contribution in [2.75, 3.05) is 13.6 Å². The lowest BCUT2D eigenvalue weighted by Crippen LogP contribution is -2.37. The minimum atomic E-state index is 0.772. The lowest BCUT2D eigenvalue weighted by molar-refractivity contribution is 0.798. The van der Waals surface area contributed by atoms with Gasteiger partial charge in [0.25, 0.3) is 0 Å². The number of halogens is 1. The van der Waals surface area contributed by atoms with E-state index >= 15 is 0 Å². The van der Waals surface area contributed by atoms with Crippen LogP contribution in [0.25, 0.3) is 5.69 Å². The summed E-state index contributed by atoms with van der Waals surface area (Å²) in [5.41, 5.74) is 2.35. The van der Waals surface area contributed by atoms with Crippen molar-refractivity contribution in [1.82, 2.24) is 20.4 Å². The second kappa shape index (κ2) is 8.82. The summed E-state index contributed by atoms with van der Waals surface area (Å²) in [6.45, 7) is 1.60. The second-order valence-electron chi connectivity index (χ2n) is 5.45. The zero-order valence-corrected chi connectivity index (χ0v) is 16.3. The van der Waals surface area contributed by atoms with Gasteiger partial charge in [0.15, 0.2) is 5.96 Å². The van der Waals surface area contributed by atoms with E-state index in [0.717, 1.165) is 35.6 Å². The smallest absolute Gasteiger partial charge is 0.191 e. The molecule has 3 aromatic rings. The quantitative estimate of drug-likeness (QED) is 0.475. The van der Waals surface area contributed by atoms with Crippen molar-refractivity contribution in [3.8, 4) is 5.69 Å². The van der Waals surface area contributed by atoms with Crippen molar-refractivity contribution in [2.24, 2.45) is 4.99 Å². The highest BCUT2D eigenvalue weighted by molar-refractivity contribution is 9.10. The summed E-state index contributed by atoms with van der Waals surface area (Å²) in [5.74, 6) is 0.817. The van der Waals surface area contributed by atoms with E-state index in [4.69, 9.17) is 0 Å². The van der Waals surface area contributed by atoms with Crippen molar-refractivity contribution in [1.29, 1.82) is 0 Å². The summed E-state index contributed by atoms with van der Waals surface area (Å²) in [5, 5.41) is 13.0. The molecule has 0 aliphatic rings. The molecule has 0 bridgehead atoms. The highest BCUT2D eigenvalue weighted by atomic mass is 79.9. The number of aromatic nitrogens is 2. The fourth-order valence-electron chi connectivity index (χ4n) is 2.40. The van der Waals surface area contributed by atoms with Crippen LogP contribution in [0.1, 0.15) is 10.4 Å². The van der Waals surface area contributed by atoms with Crippen LogP contribution in [0.5, 0.6) is 0 Å². The van der Waals surface area contributed by atoms with Gasteiger partial charge >= 0.3 is 0 Å². The first-order valence-electron chi connectivity index (χ1n) is 8.01. The lowest BCUT2D eigenvalue weighted by atomic mass is 10.1. The average Bonchev–Trinajstić information content (AvgIpc) is 3.30. The molecule has 0 fully saturated rings. The highest BCUT2D eigenvalue weighted by Crippen LogP contribution is 2.19. The zero-order chi connectivity index (χ0) is 17.5. The van der Waals surface area contributed by atoms with Gasteiger partial charge in [-0.2, -0.15) is 5.10 Å². The molecule has 0 radical (unpaired) electrons. The van der Waals surface area contributed by atoms with E-state index < -0.39 is 0 Å². The topological polar surface area (TPSA) is 54.2 Å². The van der Waals surface area contributed by atoms with E-state index in [9.17, 15) is 0 Å². The minimum absolute atomic E-state index is 0.772. The second-order valence-corrected chi connectivity index (χ2v) is 7.36. The number of nitrogens with zero attached hydrogens (tertiary/aromatic N) is 3. The van der Waals surface area contributed by atoms with Gasteiger partial charge < -0.3 is 10.6 Å². The number of hydrogen-bond donors (Lipinski definition) is 2. The zero-order valence-electron chi connectivity index (χ0n) is 13.9. The van der Waals surface area contributed by atoms with Gasteiger partial charge in [0.05, 0.1) is 12.2 Å². The molecule has 5 nitrogen and oxygen atoms in total. The molecule has 3 rings (SSSR count). The first kappa shape index (κ1) is 17.7. The van der Waals surface area contributed by atoms with Crippen LogP contribution in [0.4, 0.5) is 0 Å². The molecule has 0 saturated carbocycles. The Kier molecular flexibility index (Phi) is 6.25. The van der Waals surface area contributed by atoms with E-state index in [1.807, 2.05) is 16.9 Å². The molecule has 7 heteroatoms. The predicted molar refractivity (Wildman–Crippen MR) is 107 cm³/mol. The third-order valence-corrected chi connectivity index (χ3v) is 5.38. The Labute approximate surface area is 159 Å². The van der Waals surface area contributed by atoms with Gasteiger partial charge in [-0.1, -0.05) is 12.1 Å². The van der Waals surface area contributed by atoms with Crippen LogP contribution in [0.15, 0.2) is 63.6 Å². The average molecular weight is 418 g/mol. The minimum Gasteiger partial charge on any atom is -0.356 e. The molecule has 0 unspecified atom stereocenters. The molecule has 1 aromatic carbocycles. The molecule has 0 amide bonds. The van der Waals surface area contributed by atoms with Crippen LogP contribution < -0.4 is 10.6 Å². The third kappa shape index (κ3) is 5.17. The highest BCUT2D eigenvalue weighted by Gasteiger charge is 2.02. The maximum Gasteiger partial charge on any atom is 0.191 e. The molecule has 0 aliphatic heterocycles. The van der Waals surface area contributed by atoms with Crippen molar-refractivity contribution < 1.29 is 0 Å². The first-order chi connectivity index (χ1) is 12.2. The van der Waals surface area contributed by atoms with Crippen LogP contribution in [0.2, 0.25) is 0 Å². The van der Waals surface area contributed by atoms with Crippen LogP contribution in [-0.4, -0.2) is 29.3 Å². The molecule has 2 heterocycles. The third-order valence-electron chi connectivity index (χ3n) is 3.69. The molecule has 2 aromatic heterocycles. The van der Waals surface area contributed by atoms with E-state index in [-0.39, 0.29) is 0 Å². The predicted octanol–water partition coefficient (Wildman–Crippen LogP) is 3.60. The molecule has 2 N–H and O–H groups in total. The Bertz CT molecular complexity index is 808. The monoisotopic (exact) mass is 417 g/mol. The molecule has 0 atom stereocenters. The Morgan fingerprint density at radius 3 is 2.76 bits per heavy atom. The largest absolute Gasteiger partial charge is 0.356 e. The molecule has 25 heavy (non-hydrogen) atoms. The fourth-order valence-corrected chi connectivity index (χ4v) is 3.79. The number of benzene rings is 1. The van der Waals surface area contributed by atoms with Gasteiger partial charge in [-0.25, -0.2) is 4.68 Å². The number of nitrogens with one attached hydrogen (secondary N) is 2. The Hall–Kier alpha value is -2.12. The molecule has 0 saturated heterocycles. The van der Waals surface area contributed by atoms with E-state index in [1.54, 1.807) is 24.6 Å². The van der Waals surface area contributed by atoms with Gasteiger partial charge in [-0.3, -0.25) is 4.99 Å². The molecule has 0 spiro atoms. The number of guanidine groups is 1. The van der Waals surface area contributed by atoms with Gasteiger partial charge in [-0.15, -0.1) is 11.3 Å². The Morgan fingerprint density at radius 2 is 2.12 bits per heavy atom. The number of thiophene rings is 1. The van der Waals surface area contributed by atoms with Gasteiger partial charge in [0.1, 0.15) is 0 Å². The summed E-state index contributed by atoms with van der Waals surface area (Å²) in [6.07, 6.45) is 4.66. The van der Waals surface area contributed by atoms with Crippen LogP contribution >= 0.6 is 27.3 Å². The van der Waals surface area contributed by atoms with E-state index in [0.29, 0.717) is 0 Å². The molecular formula is C18H20BrN5S. The maximum atomic E-state index is 4.26. The molecule has 0 aliphatic carbocycles. The van der Waals surface area contributed by atoms with Crippen LogP contribution in [-0.2, 0) is 13.0 Å². The Morgan fingerprint density at radius 1 is 1.28 bits per heavy atom. The van der Waals surface area contributed by atoms with Crippen molar-refractivity contribution in [3.63, 3.8) is 0 Å². The number of aliphatic imine (C=N–C) groups is 1. The van der Waals surface area contributed by atoms with Crippen molar-refractivity contribution in [2.45, 2.75) is 13.0 Å². The Balaban J connectivity index is 1.44. The fraction of sp³-hybridized carbons (Fsp3) is 0.222. The van der Waals surface area contributed by atoms with Gasteiger partial charge in [0.2, 0.25) is 0 Å². The number of rotatable bonds is 6. The summed E-state index contributed by atoms with van der Waals surface area (Å²) in [7, 11) is 1.79. The summed E-state index contributed by atoms with van der Waals surface area (Å²) in [4.78, 5) is 5.53. The lowest BCUT2D eigenvalue weighted by Gasteiger charge is -2.11. The standard InChI is InChI=1S/C18H20BrN5S/c1-20-18(22-12-17-11-15(19)13-25-17)21-9-7-14-3-5-16(6-4-14)24-10-2-8-23-24/h2-6,8,10-11,13H,7,9,12H2,1H3,(H2,20,21,22). The van der Waals surface area contributed by atoms with Crippen molar-refractivity contribution >= 4 is 33.2 Å². The van der Waals surface area contributed by atoms with Gasteiger partial charge in [-0.05, 0) is 52.2 Å². The van der Waals surface area contributed by atoms with Crippen LogP contribution in [0.3, 0.4) is 0 Å². The maximum absolute atomic E-state index is 4.26. The van der Waals surface area contributed by atoms with Crippen molar-refractivity contribution in [3.05, 3.63) is 69.1 Å².